The smallest absolute Gasteiger partial charge is 0.216 e. The van der Waals surface area contributed by atoms with Gasteiger partial charge in [0.05, 0.1) is 6.10 Å². The molecule has 1 amide bonds. The maximum atomic E-state index is 10.5. The molecule has 1 aliphatic rings. The summed E-state index contributed by atoms with van der Waals surface area (Å²) in [6.07, 6.45) is 3.88. The lowest BCUT2D eigenvalue weighted by Gasteiger charge is -2.08. The highest BCUT2D eigenvalue weighted by Gasteiger charge is 2.21. The van der Waals surface area contributed by atoms with Crippen molar-refractivity contribution in [1.82, 2.24) is 5.32 Å². The van der Waals surface area contributed by atoms with Crippen molar-refractivity contribution in [1.29, 1.82) is 0 Å². The van der Waals surface area contributed by atoms with Crippen molar-refractivity contribution in [2.45, 2.75) is 38.7 Å². The number of rotatable bonds is 3. The Bertz CT molecular complexity index is 159. The average molecular weight is 171 g/mol. The lowest BCUT2D eigenvalue weighted by Crippen LogP contribution is -2.22. The highest BCUT2D eigenvalue weighted by atomic mass is 16.3. The highest BCUT2D eigenvalue weighted by Crippen LogP contribution is 2.27. The standard InChI is InChI=1S/C9H17NO2/c1-7(11)10-5-4-8-2-3-9(12)6-8/h8-9,12H,2-6H2,1H3,(H,10,11)/t8?,9-/m1/s1. The molecule has 2 N–H and O–H groups in total. The fourth-order valence-electron chi connectivity index (χ4n) is 1.76. The van der Waals surface area contributed by atoms with Gasteiger partial charge < -0.3 is 10.4 Å². The Hall–Kier alpha value is -0.570. The maximum absolute atomic E-state index is 10.5. The van der Waals surface area contributed by atoms with Crippen molar-refractivity contribution >= 4 is 5.91 Å². The van der Waals surface area contributed by atoms with Gasteiger partial charge in [-0.1, -0.05) is 0 Å². The van der Waals surface area contributed by atoms with Gasteiger partial charge in [-0.05, 0) is 31.6 Å². The second-order valence-corrected chi connectivity index (χ2v) is 3.60. The van der Waals surface area contributed by atoms with E-state index in [0.29, 0.717) is 5.92 Å². The fourth-order valence-corrected chi connectivity index (χ4v) is 1.76. The Morgan fingerprint density at radius 1 is 1.58 bits per heavy atom. The molecule has 0 saturated heterocycles. The maximum Gasteiger partial charge on any atom is 0.216 e. The van der Waals surface area contributed by atoms with Crippen molar-refractivity contribution in [3.05, 3.63) is 0 Å². The largest absolute Gasteiger partial charge is 0.393 e. The van der Waals surface area contributed by atoms with E-state index in [9.17, 15) is 9.90 Å². The summed E-state index contributed by atoms with van der Waals surface area (Å²) >= 11 is 0. The lowest BCUT2D eigenvalue weighted by atomic mass is 10.0. The van der Waals surface area contributed by atoms with Crippen LogP contribution in [0.2, 0.25) is 0 Å². The first-order valence-electron chi connectivity index (χ1n) is 4.61. The van der Waals surface area contributed by atoms with Crippen LogP contribution in [-0.4, -0.2) is 23.7 Å². The Labute approximate surface area is 73.2 Å². The monoisotopic (exact) mass is 171 g/mol. The van der Waals surface area contributed by atoms with E-state index in [1.54, 1.807) is 0 Å². The van der Waals surface area contributed by atoms with Gasteiger partial charge >= 0.3 is 0 Å². The Balaban J connectivity index is 2.04. The number of aliphatic hydroxyl groups is 1. The minimum absolute atomic E-state index is 0.0357. The van der Waals surface area contributed by atoms with E-state index in [4.69, 9.17) is 0 Å². The number of carbonyl (C=O) groups excluding carboxylic acids is 1. The highest BCUT2D eigenvalue weighted by molar-refractivity contribution is 5.72. The van der Waals surface area contributed by atoms with E-state index in [-0.39, 0.29) is 12.0 Å². The molecule has 0 aromatic heterocycles. The zero-order valence-electron chi connectivity index (χ0n) is 7.55. The second kappa shape index (κ2) is 4.45. The molecule has 12 heavy (non-hydrogen) atoms. The summed E-state index contributed by atoms with van der Waals surface area (Å²) in [6, 6.07) is 0. The molecule has 2 atom stereocenters. The summed E-state index contributed by atoms with van der Waals surface area (Å²) in [7, 11) is 0. The van der Waals surface area contributed by atoms with Gasteiger partial charge in [0.15, 0.2) is 0 Å². The van der Waals surface area contributed by atoms with Crippen LogP contribution in [0.4, 0.5) is 0 Å². The Morgan fingerprint density at radius 3 is 2.83 bits per heavy atom. The van der Waals surface area contributed by atoms with Crippen LogP contribution < -0.4 is 5.32 Å². The first-order valence-corrected chi connectivity index (χ1v) is 4.61. The van der Waals surface area contributed by atoms with Crippen LogP contribution in [0.25, 0.3) is 0 Å². The molecule has 1 rings (SSSR count). The third-order valence-electron chi connectivity index (χ3n) is 2.44. The molecule has 0 aliphatic heterocycles. The SMILES string of the molecule is CC(=O)NCCC1CC[C@@H](O)C1. The molecule has 0 heterocycles. The zero-order valence-corrected chi connectivity index (χ0v) is 7.55. The number of aliphatic hydroxyl groups excluding tert-OH is 1. The molecule has 1 aliphatic carbocycles. The van der Waals surface area contributed by atoms with Crippen LogP contribution in [0.15, 0.2) is 0 Å². The lowest BCUT2D eigenvalue weighted by molar-refractivity contribution is -0.118. The Morgan fingerprint density at radius 2 is 2.33 bits per heavy atom. The summed E-state index contributed by atoms with van der Waals surface area (Å²) in [5, 5.41) is 12.0. The molecule has 3 nitrogen and oxygen atoms in total. The topological polar surface area (TPSA) is 49.3 Å². The van der Waals surface area contributed by atoms with Crippen molar-refractivity contribution in [3.63, 3.8) is 0 Å². The predicted molar refractivity (Wildman–Crippen MR) is 46.6 cm³/mol. The van der Waals surface area contributed by atoms with E-state index >= 15 is 0 Å². The van der Waals surface area contributed by atoms with Gasteiger partial charge in [-0.2, -0.15) is 0 Å². The van der Waals surface area contributed by atoms with Crippen LogP contribution in [0.5, 0.6) is 0 Å². The molecule has 1 fully saturated rings. The van der Waals surface area contributed by atoms with E-state index in [2.05, 4.69) is 5.32 Å². The number of hydrogen-bond acceptors (Lipinski definition) is 2. The number of nitrogens with one attached hydrogen (secondary N) is 1. The molecule has 1 unspecified atom stereocenters. The third kappa shape index (κ3) is 3.22. The summed E-state index contributed by atoms with van der Waals surface area (Å²) in [4.78, 5) is 10.5. The van der Waals surface area contributed by atoms with Crippen LogP contribution in [-0.2, 0) is 4.79 Å². The van der Waals surface area contributed by atoms with E-state index in [1.807, 2.05) is 0 Å². The quantitative estimate of drug-likeness (QED) is 0.656. The molecular weight excluding hydrogens is 154 g/mol. The number of hydrogen-bond donors (Lipinski definition) is 2. The molecule has 0 radical (unpaired) electrons. The second-order valence-electron chi connectivity index (χ2n) is 3.60. The summed E-state index contributed by atoms with van der Waals surface area (Å²) in [6.45, 7) is 2.29. The van der Waals surface area contributed by atoms with E-state index < -0.39 is 0 Å². The zero-order chi connectivity index (χ0) is 8.97. The summed E-state index contributed by atoms with van der Waals surface area (Å²) < 4.78 is 0. The van der Waals surface area contributed by atoms with Crippen LogP contribution in [0.3, 0.4) is 0 Å². The normalized spacial score (nSPS) is 28.8. The van der Waals surface area contributed by atoms with E-state index in [1.165, 1.54) is 6.92 Å². The molecule has 0 aromatic carbocycles. The first-order chi connectivity index (χ1) is 5.68. The van der Waals surface area contributed by atoms with Gasteiger partial charge in [-0.25, -0.2) is 0 Å². The fraction of sp³-hybridized carbons (Fsp3) is 0.889. The van der Waals surface area contributed by atoms with Crippen LogP contribution in [0.1, 0.15) is 32.6 Å². The van der Waals surface area contributed by atoms with Gasteiger partial charge in [0, 0.05) is 13.5 Å². The molecular formula is C9H17NO2. The first kappa shape index (κ1) is 9.52. The molecule has 1 saturated carbocycles. The van der Waals surface area contributed by atoms with Crippen LogP contribution >= 0.6 is 0 Å². The van der Waals surface area contributed by atoms with Crippen molar-refractivity contribution in [2.75, 3.05) is 6.54 Å². The van der Waals surface area contributed by atoms with Gasteiger partial charge in [-0.15, -0.1) is 0 Å². The van der Waals surface area contributed by atoms with Crippen LogP contribution in [0, 0.1) is 5.92 Å². The summed E-state index contributed by atoms with van der Waals surface area (Å²) in [5.41, 5.74) is 0. The Kier molecular flexibility index (Phi) is 3.53. The molecule has 3 heteroatoms. The van der Waals surface area contributed by atoms with Gasteiger partial charge in [0.2, 0.25) is 5.91 Å². The number of amides is 1. The minimum Gasteiger partial charge on any atom is -0.393 e. The average Bonchev–Trinajstić information content (AvgIpc) is 2.35. The van der Waals surface area contributed by atoms with Gasteiger partial charge in [-0.3, -0.25) is 4.79 Å². The minimum atomic E-state index is -0.0904. The van der Waals surface area contributed by atoms with Crippen molar-refractivity contribution in [2.24, 2.45) is 5.92 Å². The van der Waals surface area contributed by atoms with Crippen molar-refractivity contribution < 1.29 is 9.90 Å². The molecule has 0 bridgehead atoms. The molecule has 0 aromatic rings. The van der Waals surface area contributed by atoms with Gasteiger partial charge in [0.1, 0.15) is 0 Å². The van der Waals surface area contributed by atoms with Crippen molar-refractivity contribution in [3.8, 4) is 0 Å². The number of carbonyl (C=O) groups is 1. The van der Waals surface area contributed by atoms with E-state index in [0.717, 1.165) is 32.2 Å². The predicted octanol–water partition coefficient (Wildman–Crippen LogP) is 0.674. The molecule has 0 spiro atoms. The summed E-state index contributed by atoms with van der Waals surface area (Å²) in [5.74, 6) is 0.653. The molecule has 70 valence electrons. The third-order valence-corrected chi connectivity index (χ3v) is 2.44. The van der Waals surface area contributed by atoms with Gasteiger partial charge in [0.25, 0.3) is 0 Å².